The highest BCUT2D eigenvalue weighted by Crippen LogP contribution is 2.41. The number of nitrogens with zero attached hydrogens (tertiary/aromatic N) is 1. The van der Waals surface area contributed by atoms with E-state index < -0.39 is 0 Å². The number of para-hydroxylation sites is 2. The number of benzene rings is 6. The van der Waals surface area contributed by atoms with Gasteiger partial charge in [-0.2, -0.15) is 0 Å². The maximum atomic E-state index is 6.58. The Labute approximate surface area is 211 Å². The summed E-state index contributed by atoms with van der Waals surface area (Å²) in [5, 5.41) is 9.63. The van der Waals surface area contributed by atoms with Crippen LogP contribution in [-0.4, -0.2) is 9.55 Å². The molecule has 0 amide bonds. The van der Waals surface area contributed by atoms with Crippen LogP contribution in [0.1, 0.15) is 0 Å². The zero-order chi connectivity index (χ0) is 24.1. The van der Waals surface area contributed by atoms with E-state index in [2.05, 4.69) is 125 Å². The Morgan fingerprint density at radius 3 is 2.03 bits per heavy atom. The first-order chi connectivity index (χ1) is 18.3. The van der Waals surface area contributed by atoms with Crippen LogP contribution in [0.4, 0.5) is 0 Å². The first-order valence-corrected chi connectivity index (χ1v) is 12.6. The number of furan rings is 1. The first-order valence-electron chi connectivity index (χ1n) is 12.6. The van der Waals surface area contributed by atoms with Crippen LogP contribution >= 0.6 is 0 Å². The molecule has 3 nitrogen and oxygen atoms in total. The summed E-state index contributed by atoms with van der Waals surface area (Å²) in [4.78, 5) is 3.63. The molecule has 0 aliphatic heterocycles. The smallest absolute Gasteiger partial charge is 0.145 e. The summed E-state index contributed by atoms with van der Waals surface area (Å²) in [7, 11) is 0. The summed E-state index contributed by atoms with van der Waals surface area (Å²) < 4.78 is 8.95. The van der Waals surface area contributed by atoms with Crippen LogP contribution in [0.5, 0.6) is 0 Å². The maximum absolute atomic E-state index is 6.58. The van der Waals surface area contributed by atoms with Crippen LogP contribution in [0.25, 0.3) is 82.0 Å². The Hall–Kier alpha value is -5.02. The molecule has 0 saturated heterocycles. The zero-order valence-electron chi connectivity index (χ0n) is 19.8. The fourth-order valence-corrected chi connectivity index (χ4v) is 6.31. The van der Waals surface area contributed by atoms with E-state index in [-0.39, 0.29) is 0 Å². The van der Waals surface area contributed by atoms with Gasteiger partial charge in [0.1, 0.15) is 11.2 Å². The van der Waals surface area contributed by atoms with Crippen LogP contribution in [0, 0.1) is 0 Å². The number of fused-ring (bicyclic) bond motifs is 12. The Morgan fingerprint density at radius 2 is 1.22 bits per heavy atom. The van der Waals surface area contributed by atoms with Gasteiger partial charge in [-0.1, -0.05) is 66.7 Å². The lowest BCUT2D eigenvalue weighted by molar-refractivity contribution is 0.673. The molecule has 3 heteroatoms. The van der Waals surface area contributed by atoms with E-state index in [1.54, 1.807) is 0 Å². The highest BCUT2D eigenvalue weighted by molar-refractivity contribution is 6.27. The van der Waals surface area contributed by atoms with Crippen LogP contribution in [0.3, 0.4) is 0 Å². The van der Waals surface area contributed by atoms with Crippen LogP contribution in [0.2, 0.25) is 0 Å². The van der Waals surface area contributed by atoms with E-state index in [4.69, 9.17) is 4.42 Å². The second kappa shape index (κ2) is 6.80. The van der Waals surface area contributed by atoms with Crippen molar-refractivity contribution in [2.45, 2.75) is 0 Å². The van der Waals surface area contributed by atoms with Gasteiger partial charge in [0.2, 0.25) is 0 Å². The second-order valence-electron chi connectivity index (χ2n) is 9.85. The number of hydrogen-bond acceptors (Lipinski definition) is 1. The van der Waals surface area contributed by atoms with Gasteiger partial charge < -0.3 is 14.0 Å². The van der Waals surface area contributed by atoms with Crippen molar-refractivity contribution in [2.75, 3.05) is 0 Å². The van der Waals surface area contributed by atoms with Crippen LogP contribution in [0.15, 0.2) is 120 Å². The van der Waals surface area contributed by atoms with Gasteiger partial charge in [0, 0.05) is 38.1 Å². The van der Waals surface area contributed by atoms with Crippen molar-refractivity contribution in [2.24, 2.45) is 0 Å². The number of rotatable bonds is 1. The zero-order valence-corrected chi connectivity index (χ0v) is 19.8. The highest BCUT2D eigenvalue weighted by atomic mass is 16.3. The molecule has 37 heavy (non-hydrogen) atoms. The molecule has 3 heterocycles. The third kappa shape index (κ3) is 2.45. The Kier molecular flexibility index (Phi) is 3.53. The van der Waals surface area contributed by atoms with Crippen molar-refractivity contribution in [1.29, 1.82) is 0 Å². The molecule has 3 aromatic heterocycles. The van der Waals surface area contributed by atoms with E-state index in [1.165, 1.54) is 43.4 Å². The summed E-state index contributed by atoms with van der Waals surface area (Å²) in [5.74, 6) is 0. The molecule has 6 aromatic carbocycles. The third-order valence-corrected chi connectivity index (χ3v) is 7.91. The summed E-state index contributed by atoms with van der Waals surface area (Å²) >= 11 is 0. The molecule has 0 fully saturated rings. The minimum atomic E-state index is 0.925. The molecule has 172 valence electrons. The molecule has 0 spiro atoms. The van der Waals surface area contributed by atoms with Gasteiger partial charge >= 0.3 is 0 Å². The van der Waals surface area contributed by atoms with E-state index in [1.807, 2.05) is 0 Å². The van der Waals surface area contributed by atoms with E-state index in [9.17, 15) is 0 Å². The fraction of sp³-hybridized carbons (Fsp3) is 0. The van der Waals surface area contributed by atoms with Crippen LogP contribution < -0.4 is 0 Å². The normalized spacial score (nSPS) is 12.3. The molecular weight excluding hydrogens is 452 g/mol. The van der Waals surface area contributed by atoms with Crippen molar-refractivity contribution >= 4 is 76.3 Å². The Balaban J connectivity index is 1.41. The standard InChI is InChI=1S/C34H20N2O/c1-2-8-22-20(7-1)13-18-31-32(22)25-15-17-28-33(34(25)37-31)26-19-21(14-16-27(26)35-28)36-29-11-5-3-9-23(29)24-10-4-6-12-30(24)36/h1-19,35H. The average molecular weight is 473 g/mol. The quantitative estimate of drug-likeness (QED) is 0.254. The first kappa shape index (κ1) is 19.2. The molecule has 0 bridgehead atoms. The SMILES string of the molecule is c1ccc2c(c1)ccc1oc3c(ccc4[nH]c5ccc(-n6c7ccccc7c7ccccc76)cc5c43)c12. The molecule has 0 radical (unpaired) electrons. The lowest BCUT2D eigenvalue weighted by Crippen LogP contribution is -1.93. The summed E-state index contributed by atoms with van der Waals surface area (Å²) in [6.07, 6.45) is 0. The largest absolute Gasteiger partial charge is 0.455 e. The Bertz CT molecular complexity index is 2310. The molecule has 0 saturated carbocycles. The van der Waals surface area contributed by atoms with Crippen molar-refractivity contribution in [3.63, 3.8) is 0 Å². The summed E-state index contributed by atoms with van der Waals surface area (Å²) in [6, 6.07) is 41.2. The van der Waals surface area contributed by atoms with Crippen molar-refractivity contribution in [1.82, 2.24) is 9.55 Å². The molecule has 0 aliphatic carbocycles. The lowest BCUT2D eigenvalue weighted by atomic mass is 10.0. The number of H-pyrrole nitrogens is 1. The molecule has 9 aromatic rings. The molecule has 9 rings (SSSR count). The monoisotopic (exact) mass is 472 g/mol. The Morgan fingerprint density at radius 1 is 0.514 bits per heavy atom. The number of nitrogens with one attached hydrogen (secondary N) is 1. The van der Waals surface area contributed by atoms with E-state index >= 15 is 0 Å². The van der Waals surface area contributed by atoms with E-state index in [0.717, 1.165) is 38.7 Å². The van der Waals surface area contributed by atoms with Crippen molar-refractivity contribution in [3.05, 3.63) is 115 Å². The van der Waals surface area contributed by atoms with Crippen molar-refractivity contribution in [3.8, 4) is 5.69 Å². The van der Waals surface area contributed by atoms with Crippen molar-refractivity contribution < 1.29 is 4.42 Å². The highest BCUT2D eigenvalue weighted by Gasteiger charge is 2.18. The minimum absolute atomic E-state index is 0.925. The van der Waals surface area contributed by atoms with Gasteiger partial charge in [-0.3, -0.25) is 0 Å². The minimum Gasteiger partial charge on any atom is -0.455 e. The molecule has 0 unspecified atom stereocenters. The van der Waals surface area contributed by atoms with Gasteiger partial charge in [0.25, 0.3) is 0 Å². The number of hydrogen-bond donors (Lipinski definition) is 1. The van der Waals surface area contributed by atoms with Gasteiger partial charge in [-0.15, -0.1) is 0 Å². The maximum Gasteiger partial charge on any atom is 0.145 e. The second-order valence-corrected chi connectivity index (χ2v) is 9.85. The predicted molar refractivity (Wildman–Crippen MR) is 155 cm³/mol. The van der Waals surface area contributed by atoms with Gasteiger partial charge in [0.15, 0.2) is 0 Å². The van der Waals surface area contributed by atoms with Gasteiger partial charge in [0.05, 0.1) is 21.9 Å². The van der Waals surface area contributed by atoms with E-state index in [0.29, 0.717) is 0 Å². The molecule has 1 N–H and O–H groups in total. The lowest BCUT2D eigenvalue weighted by Gasteiger charge is -2.08. The van der Waals surface area contributed by atoms with Crippen LogP contribution in [-0.2, 0) is 0 Å². The summed E-state index contributed by atoms with van der Waals surface area (Å²) in [5.41, 5.74) is 7.63. The van der Waals surface area contributed by atoms with Gasteiger partial charge in [-0.05, 0) is 59.3 Å². The molecular formula is C34H20N2O. The average Bonchev–Trinajstić information content (AvgIpc) is 3.62. The predicted octanol–water partition coefficient (Wildman–Crippen LogP) is 9.47. The third-order valence-electron chi connectivity index (χ3n) is 7.91. The topological polar surface area (TPSA) is 33.9 Å². The molecule has 0 atom stereocenters. The number of aromatic nitrogens is 2. The van der Waals surface area contributed by atoms with Gasteiger partial charge in [-0.25, -0.2) is 0 Å². The molecule has 0 aliphatic rings. The fourth-order valence-electron chi connectivity index (χ4n) is 6.31. The summed E-state index contributed by atoms with van der Waals surface area (Å²) in [6.45, 7) is 0. The number of aromatic amines is 1.